The van der Waals surface area contributed by atoms with E-state index in [1.54, 1.807) is 6.92 Å². The first-order valence-corrected chi connectivity index (χ1v) is 15.6. The van der Waals surface area contributed by atoms with Crippen molar-refractivity contribution in [2.45, 2.75) is 50.5 Å². The summed E-state index contributed by atoms with van der Waals surface area (Å²) in [5.41, 5.74) is 1.19. The second kappa shape index (κ2) is 12.2. The van der Waals surface area contributed by atoms with Gasteiger partial charge >= 0.3 is 12.1 Å². The van der Waals surface area contributed by atoms with Crippen molar-refractivity contribution in [3.05, 3.63) is 64.9 Å². The summed E-state index contributed by atoms with van der Waals surface area (Å²) < 4.78 is 62.6. The molecule has 1 aromatic heterocycles. The van der Waals surface area contributed by atoms with Gasteiger partial charge in [0, 0.05) is 67.8 Å². The van der Waals surface area contributed by atoms with Crippen LogP contribution in [0.3, 0.4) is 0 Å². The molecule has 2 saturated heterocycles. The predicted molar refractivity (Wildman–Crippen MR) is 162 cm³/mol. The fourth-order valence-corrected chi connectivity index (χ4v) is 6.54. The van der Waals surface area contributed by atoms with E-state index in [9.17, 15) is 22.4 Å². The van der Waals surface area contributed by atoms with Crippen LogP contribution in [-0.4, -0.2) is 78.7 Å². The molecule has 1 saturated carbocycles. The summed E-state index contributed by atoms with van der Waals surface area (Å²) in [5.74, 6) is -1.03. The minimum atomic E-state index is -4.77. The van der Waals surface area contributed by atoms with E-state index in [0.717, 1.165) is 59.6 Å². The molecule has 2 aromatic carbocycles. The quantitative estimate of drug-likeness (QED) is 0.200. The van der Waals surface area contributed by atoms with Gasteiger partial charge in [0.2, 0.25) is 0 Å². The fraction of sp³-hybridized carbons (Fsp3) is 0.500. The maximum absolute atomic E-state index is 14.2. The molecule has 0 N–H and O–H groups in total. The summed E-state index contributed by atoms with van der Waals surface area (Å²) in [4.78, 5) is 18.9. The van der Waals surface area contributed by atoms with Gasteiger partial charge in [-0.2, -0.15) is 18.3 Å². The zero-order chi connectivity index (χ0) is 31.1. The maximum atomic E-state index is 14.2. The van der Waals surface area contributed by atoms with Crippen molar-refractivity contribution in [2.24, 2.45) is 0 Å². The third kappa shape index (κ3) is 6.54. The Morgan fingerprint density at radius 2 is 1.77 bits per heavy atom. The number of ether oxygens (including phenoxy) is 1. The second-order valence-corrected chi connectivity index (χ2v) is 12.4. The molecule has 3 heterocycles. The summed E-state index contributed by atoms with van der Waals surface area (Å²) in [6.45, 7) is 6.28. The highest BCUT2D eigenvalue weighted by atomic mass is 35.5. The number of nitrogens with zero attached hydrogens (tertiary/aromatic N) is 5. The number of aromatic nitrogens is 2. The van der Waals surface area contributed by atoms with Crippen molar-refractivity contribution < 1.29 is 27.1 Å². The molecule has 0 bridgehead atoms. The van der Waals surface area contributed by atoms with Crippen LogP contribution in [0.1, 0.15) is 54.7 Å². The smallest absolute Gasteiger partial charge is 0.433 e. The minimum Gasteiger partial charge on any atom is -0.462 e. The number of benzene rings is 2. The molecule has 2 aliphatic heterocycles. The topological polar surface area (TPSA) is 53.8 Å². The fourth-order valence-electron chi connectivity index (χ4n) is 6.37. The van der Waals surface area contributed by atoms with Crippen LogP contribution in [0.2, 0.25) is 5.02 Å². The van der Waals surface area contributed by atoms with Crippen LogP contribution in [0.5, 0.6) is 0 Å². The maximum Gasteiger partial charge on any atom is 0.433 e. The van der Waals surface area contributed by atoms with Gasteiger partial charge in [-0.3, -0.25) is 9.58 Å². The molecule has 3 aromatic rings. The number of anilines is 2. The average molecular weight is 634 g/mol. The zero-order valence-electron chi connectivity index (χ0n) is 24.6. The van der Waals surface area contributed by atoms with Crippen LogP contribution in [0.4, 0.5) is 28.9 Å². The van der Waals surface area contributed by atoms with Gasteiger partial charge in [0.25, 0.3) is 0 Å². The Balaban J connectivity index is 1.21. The number of hydrogen-bond acceptors (Lipinski definition) is 6. The lowest BCUT2D eigenvalue weighted by molar-refractivity contribution is -0.145. The molecule has 236 valence electrons. The van der Waals surface area contributed by atoms with Crippen molar-refractivity contribution in [3.63, 3.8) is 0 Å². The molecular weight excluding hydrogens is 598 g/mol. The van der Waals surface area contributed by atoms with Gasteiger partial charge in [-0.05, 0) is 62.4 Å². The van der Waals surface area contributed by atoms with Crippen molar-refractivity contribution in [1.29, 1.82) is 0 Å². The number of carbonyl (C=O) groups excluding carboxylic acids is 1. The van der Waals surface area contributed by atoms with E-state index < -0.39 is 35.1 Å². The van der Waals surface area contributed by atoms with E-state index in [4.69, 9.17) is 16.3 Å². The van der Waals surface area contributed by atoms with Gasteiger partial charge in [0.15, 0.2) is 5.69 Å². The molecule has 0 amide bonds. The number of esters is 1. The number of rotatable bonds is 8. The van der Waals surface area contributed by atoms with Crippen molar-refractivity contribution >= 4 is 28.9 Å². The lowest BCUT2D eigenvalue weighted by Crippen LogP contribution is -2.48. The number of alkyl halides is 4. The van der Waals surface area contributed by atoms with Crippen molar-refractivity contribution in [1.82, 2.24) is 14.7 Å². The van der Waals surface area contributed by atoms with E-state index in [0.29, 0.717) is 43.8 Å². The van der Waals surface area contributed by atoms with Crippen LogP contribution in [0, 0.1) is 0 Å². The van der Waals surface area contributed by atoms with Crippen LogP contribution in [-0.2, 0) is 10.9 Å². The molecule has 3 fully saturated rings. The average Bonchev–Trinajstić information content (AvgIpc) is 3.54. The Labute approximate surface area is 259 Å². The van der Waals surface area contributed by atoms with Crippen molar-refractivity contribution in [2.75, 3.05) is 62.2 Å². The predicted octanol–water partition coefficient (Wildman–Crippen LogP) is 6.86. The Kier molecular flexibility index (Phi) is 8.54. The first-order chi connectivity index (χ1) is 21.0. The first kappa shape index (κ1) is 30.7. The van der Waals surface area contributed by atoms with Gasteiger partial charge in [-0.15, -0.1) is 0 Å². The van der Waals surface area contributed by atoms with E-state index in [1.165, 1.54) is 0 Å². The van der Waals surface area contributed by atoms with Crippen LogP contribution in [0.25, 0.3) is 11.1 Å². The molecular formula is C32H36ClF4N5O2. The van der Waals surface area contributed by atoms with Gasteiger partial charge < -0.3 is 14.5 Å². The summed E-state index contributed by atoms with van der Waals surface area (Å²) in [5, 5.41) is 4.56. The Morgan fingerprint density at radius 3 is 2.43 bits per heavy atom. The summed E-state index contributed by atoms with van der Waals surface area (Å²) in [6, 6.07) is 13.3. The number of piperazine rings is 1. The number of piperidine rings is 1. The van der Waals surface area contributed by atoms with Crippen LogP contribution < -0.4 is 9.80 Å². The zero-order valence-corrected chi connectivity index (χ0v) is 25.4. The van der Waals surface area contributed by atoms with Crippen LogP contribution >= 0.6 is 11.6 Å². The summed E-state index contributed by atoms with van der Waals surface area (Å²) in [7, 11) is 0. The van der Waals surface area contributed by atoms with Gasteiger partial charge in [-0.1, -0.05) is 29.8 Å². The summed E-state index contributed by atoms with van der Waals surface area (Å²) in [6.07, 6.45) is -1.36. The van der Waals surface area contributed by atoms with Crippen LogP contribution in [0.15, 0.2) is 48.7 Å². The highest BCUT2D eigenvalue weighted by Crippen LogP contribution is 2.41. The SMILES string of the molecule is CCOC(=O)c1cnn(C2CCCN(c3cc(Cl)ccc3-c3ccc(N4CCN(CC5(F)CC5)CC4)cc3)C2)c1C(F)(F)F. The Hall–Kier alpha value is -3.31. The molecule has 1 unspecified atom stereocenters. The molecule has 44 heavy (non-hydrogen) atoms. The normalized spacial score (nSPS) is 20.5. The van der Waals surface area contributed by atoms with E-state index in [-0.39, 0.29) is 13.2 Å². The largest absolute Gasteiger partial charge is 0.462 e. The standard InChI is InChI=1S/C32H36ClF4N5O2/c1-2-44-30(43)27-19-38-42(29(27)32(35,36)37)25-4-3-13-41(20-25)28-18-23(33)7-10-26(28)22-5-8-24(9-6-22)40-16-14-39(15-17-40)21-31(34)11-12-31/h5-10,18-19,25H,2-4,11-17,20-21H2,1H3. The Morgan fingerprint density at radius 1 is 1.05 bits per heavy atom. The van der Waals surface area contributed by atoms with E-state index in [2.05, 4.69) is 39.2 Å². The van der Waals surface area contributed by atoms with Gasteiger partial charge in [0.1, 0.15) is 11.2 Å². The van der Waals surface area contributed by atoms with E-state index >= 15 is 0 Å². The molecule has 1 aliphatic carbocycles. The highest BCUT2D eigenvalue weighted by molar-refractivity contribution is 6.31. The molecule has 0 radical (unpaired) electrons. The van der Waals surface area contributed by atoms with Gasteiger partial charge in [0.05, 0.1) is 18.8 Å². The monoisotopic (exact) mass is 633 g/mol. The number of carbonyl (C=O) groups is 1. The third-order valence-corrected chi connectivity index (χ3v) is 9.05. The molecule has 3 aliphatic rings. The van der Waals surface area contributed by atoms with Gasteiger partial charge in [-0.25, -0.2) is 9.18 Å². The lowest BCUT2D eigenvalue weighted by Gasteiger charge is -2.37. The molecule has 12 heteroatoms. The molecule has 6 rings (SSSR count). The molecule has 1 atom stereocenters. The van der Waals surface area contributed by atoms with Crippen molar-refractivity contribution in [3.8, 4) is 11.1 Å². The van der Waals surface area contributed by atoms with E-state index in [1.807, 2.05) is 23.1 Å². The molecule has 7 nitrogen and oxygen atoms in total. The lowest BCUT2D eigenvalue weighted by atomic mass is 9.99. The highest BCUT2D eigenvalue weighted by Gasteiger charge is 2.45. The first-order valence-electron chi connectivity index (χ1n) is 15.2. The number of hydrogen-bond donors (Lipinski definition) is 0. The third-order valence-electron chi connectivity index (χ3n) is 8.82. The number of halogens is 5. The Bertz CT molecular complexity index is 1480. The molecule has 0 spiro atoms. The minimum absolute atomic E-state index is 0.0330. The summed E-state index contributed by atoms with van der Waals surface area (Å²) >= 11 is 6.43. The second-order valence-electron chi connectivity index (χ2n) is 11.9.